The normalized spacial score (nSPS) is 27.2. The summed E-state index contributed by atoms with van der Waals surface area (Å²) < 4.78 is 14.7. The van der Waals surface area contributed by atoms with Crippen LogP contribution in [0.2, 0.25) is 0 Å². The monoisotopic (exact) mass is 438 g/mol. The summed E-state index contributed by atoms with van der Waals surface area (Å²) in [5.74, 6) is 0.134. The summed E-state index contributed by atoms with van der Waals surface area (Å²) in [7, 11) is 0. The third-order valence-corrected chi connectivity index (χ3v) is 7.44. The SMILES string of the molecule is NC(CCC1CC1)(c1ccncc1)c1ccc(F)c(NC(=O)[C@H]2C[C@](O)(C3CC3)CN2)c1. The fraction of sp³-hybridized carbons (Fsp3) is 0.520. The van der Waals surface area contributed by atoms with Crippen LogP contribution in [0.5, 0.6) is 0 Å². The van der Waals surface area contributed by atoms with E-state index in [-0.39, 0.29) is 17.5 Å². The average molecular weight is 439 g/mol. The maximum atomic E-state index is 14.7. The fourth-order valence-corrected chi connectivity index (χ4v) is 4.98. The molecule has 1 aromatic heterocycles. The van der Waals surface area contributed by atoms with Crippen LogP contribution < -0.4 is 16.4 Å². The standard InChI is InChI=1S/C25H31FN4O2/c26-20-6-5-19(25(27,10-7-16-1-2-16)18-8-11-28-12-9-18)13-21(20)30-23(31)22-14-24(32,15-29-22)17-3-4-17/h5-6,8-9,11-13,16-17,22,29,32H,1-4,7,10,14-15,27H2,(H,30,31)/t22-,24-,25?/m1/s1. The highest BCUT2D eigenvalue weighted by Crippen LogP contribution is 2.44. The van der Waals surface area contributed by atoms with Gasteiger partial charge in [0.25, 0.3) is 0 Å². The summed E-state index contributed by atoms with van der Waals surface area (Å²) in [6.07, 6.45) is 9.99. The van der Waals surface area contributed by atoms with E-state index in [1.54, 1.807) is 24.5 Å². The number of aliphatic hydroxyl groups is 1. The van der Waals surface area contributed by atoms with Gasteiger partial charge in [-0.1, -0.05) is 18.9 Å². The van der Waals surface area contributed by atoms with Crippen molar-refractivity contribution in [2.75, 3.05) is 11.9 Å². The molecule has 1 aromatic carbocycles. The zero-order valence-electron chi connectivity index (χ0n) is 18.2. The Bertz CT molecular complexity index is 995. The molecule has 1 amide bonds. The highest BCUT2D eigenvalue weighted by atomic mass is 19.1. The quantitative estimate of drug-likeness (QED) is 0.508. The Morgan fingerprint density at radius 1 is 1.22 bits per heavy atom. The molecule has 0 radical (unpaired) electrons. The second-order valence-electron chi connectivity index (χ2n) is 9.89. The molecule has 3 aliphatic rings. The lowest BCUT2D eigenvalue weighted by Gasteiger charge is -2.31. The molecule has 7 heteroatoms. The number of benzene rings is 1. The summed E-state index contributed by atoms with van der Waals surface area (Å²) in [6, 6.07) is 7.99. The van der Waals surface area contributed by atoms with Crippen LogP contribution in [0.3, 0.4) is 0 Å². The van der Waals surface area contributed by atoms with E-state index in [1.807, 2.05) is 12.1 Å². The van der Waals surface area contributed by atoms with E-state index in [9.17, 15) is 14.3 Å². The van der Waals surface area contributed by atoms with Crippen molar-refractivity contribution in [1.29, 1.82) is 0 Å². The summed E-state index contributed by atoms with van der Waals surface area (Å²) >= 11 is 0. The summed E-state index contributed by atoms with van der Waals surface area (Å²) in [5, 5.41) is 16.6. The molecule has 2 aromatic rings. The number of anilines is 1. The molecular weight excluding hydrogens is 407 g/mol. The minimum absolute atomic E-state index is 0.117. The number of nitrogens with zero attached hydrogens (tertiary/aromatic N) is 1. The number of aromatic nitrogens is 1. The molecular formula is C25H31FN4O2. The van der Waals surface area contributed by atoms with Crippen molar-refractivity contribution in [2.45, 2.75) is 62.1 Å². The first-order valence-electron chi connectivity index (χ1n) is 11.6. The Morgan fingerprint density at radius 3 is 2.66 bits per heavy atom. The smallest absolute Gasteiger partial charge is 0.241 e. The lowest BCUT2D eigenvalue weighted by Crippen LogP contribution is -2.39. The molecule has 3 atom stereocenters. The Kier molecular flexibility index (Phi) is 5.51. The summed E-state index contributed by atoms with van der Waals surface area (Å²) in [4.78, 5) is 17.0. The lowest BCUT2D eigenvalue weighted by atomic mass is 9.79. The van der Waals surface area contributed by atoms with Gasteiger partial charge in [0, 0.05) is 25.4 Å². The van der Waals surface area contributed by atoms with E-state index in [0.717, 1.165) is 36.8 Å². The van der Waals surface area contributed by atoms with Crippen molar-refractivity contribution in [3.8, 4) is 0 Å². The highest BCUT2D eigenvalue weighted by Gasteiger charge is 2.50. The van der Waals surface area contributed by atoms with Gasteiger partial charge in [-0.3, -0.25) is 9.78 Å². The number of rotatable bonds is 8. The Hall–Kier alpha value is -2.35. The van der Waals surface area contributed by atoms with Crippen molar-refractivity contribution in [3.63, 3.8) is 0 Å². The van der Waals surface area contributed by atoms with Gasteiger partial charge < -0.3 is 21.5 Å². The van der Waals surface area contributed by atoms with Crippen molar-refractivity contribution < 1.29 is 14.3 Å². The number of hydrogen-bond acceptors (Lipinski definition) is 5. The van der Waals surface area contributed by atoms with Crippen molar-refractivity contribution in [3.05, 3.63) is 59.7 Å². The van der Waals surface area contributed by atoms with Gasteiger partial charge in [0.2, 0.25) is 5.91 Å². The molecule has 6 nitrogen and oxygen atoms in total. The molecule has 5 rings (SSSR count). The minimum Gasteiger partial charge on any atom is -0.388 e. The molecule has 0 bridgehead atoms. The lowest BCUT2D eigenvalue weighted by molar-refractivity contribution is -0.118. The van der Waals surface area contributed by atoms with Crippen LogP contribution in [0, 0.1) is 17.7 Å². The van der Waals surface area contributed by atoms with Gasteiger partial charge in [-0.2, -0.15) is 0 Å². The van der Waals surface area contributed by atoms with Crippen LogP contribution in [0.4, 0.5) is 10.1 Å². The maximum Gasteiger partial charge on any atom is 0.241 e. The predicted octanol–water partition coefficient (Wildman–Crippen LogP) is 3.05. The van der Waals surface area contributed by atoms with Crippen LogP contribution in [-0.4, -0.2) is 34.2 Å². The maximum absolute atomic E-state index is 14.7. The van der Waals surface area contributed by atoms with Crippen LogP contribution in [0.25, 0.3) is 0 Å². The number of amides is 1. The largest absolute Gasteiger partial charge is 0.388 e. The number of carbonyl (C=O) groups is 1. The molecule has 1 saturated heterocycles. The second kappa shape index (κ2) is 8.21. The van der Waals surface area contributed by atoms with Gasteiger partial charge in [-0.15, -0.1) is 0 Å². The number of hydrogen-bond donors (Lipinski definition) is 4. The molecule has 0 spiro atoms. The molecule has 5 N–H and O–H groups in total. The summed E-state index contributed by atoms with van der Waals surface area (Å²) in [6.45, 7) is 0.396. The van der Waals surface area contributed by atoms with Gasteiger partial charge >= 0.3 is 0 Å². The van der Waals surface area contributed by atoms with Crippen LogP contribution in [-0.2, 0) is 10.3 Å². The van der Waals surface area contributed by atoms with Crippen molar-refractivity contribution in [1.82, 2.24) is 10.3 Å². The average Bonchev–Trinajstić information content (AvgIpc) is 3.72. The first kappa shape index (κ1) is 21.5. The van der Waals surface area contributed by atoms with E-state index in [1.165, 1.54) is 18.9 Å². The number of pyridine rings is 1. The summed E-state index contributed by atoms with van der Waals surface area (Å²) in [5.41, 5.74) is 7.12. The molecule has 1 aliphatic heterocycles. The van der Waals surface area contributed by atoms with E-state index < -0.39 is 23.0 Å². The van der Waals surface area contributed by atoms with Gasteiger partial charge in [0.1, 0.15) is 5.82 Å². The van der Waals surface area contributed by atoms with E-state index in [2.05, 4.69) is 15.6 Å². The number of nitrogens with one attached hydrogen (secondary N) is 2. The van der Waals surface area contributed by atoms with Gasteiger partial charge in [0.05, 0.1) is 22.9 Å². The fourth-order valence-electron chi connectivity index (χ4n) is 4.98. The van der Waals surface area contributed by atoms with Gasteiger partial charge in [0.15, 0.2) is 0 Å². The molecule has 1 unspecified atom stereocenters. The van der Waals surface area contributed by atoms with E-state index >= 15 is 0 Å². The molecule has 170 valence electrons. The molecule has 2 heterocycles. The van der Waals surface area contributed by atoms with Crippen LogP contribution >= 0.6 is 0 Å². The highest BCUT2D eigenvalue weighted by molar-refractivity contribution is 5.95. The van der Waals surface area contributed by atoms with Crippen LogP contribution in [0.1, 0.15) is 56.1 Å². The first-order valence-corrected chi connectivity index (χ1v) is 11.6. The Balaban J connectivity index is 1.37. The topological polar surface area (TPSA) is 100 Å². The molecule has 2 saturated carbocycles. The molecule has 32 heavy (non-hydrogen) atoms. The minimum atomic E-state index is -0.834. The van der Waals surface area contributed by atoms with E-state index in [4.69, 9.17) is 5.73 Å². The van der Waals surface area contributed by atoms with Crippen molar-refractivity contribution in [2.24, 2.45) is 17.6 Å². The van der Waals surface area contributed by atoms with Crippen molar-refractivity contribution >= 4 is 11.6 Å². The number of β-amino-alcohol motifs (C(OH)–C–C–N with tert-alkyl or cyclic N) is 1. The Morgan fingerprint density at radius 2 is 1.97 bits per heavy atom. The van der Waals surface area contributed by atoms with Crippen LogP contribution in [0.15, 0.2) is 42.7 Å². The zero-order valence-corrected chi connectivity index (χ0v) is 18.2. The Labute approximate surface area is 187 Å². The van der Waals surface area contributed by atoms with Gasteiger partial charge in [-0.25, -0.2) is 4.39 Å². The number of carbonyl (C=O) groups excluding carboxylic acids is 1. The number of halogens is 1. The number of nitrogens with two attached hydrogens (primary N) is 1. The third-order valence-electron chi connectivity index (χ3n) is 7.44. The van der Waals surface area contributed by atoms with E-state index in [0.29, 0.717) is 18.9 Å². The second-order valence-corrected chi connectivity index (χ2v) is 9.89. The predicted molar refractivity (Wildman–Crippen MR) is 120 cm³/mol. The molecule has 2 aliphatic carbocycles. The molecule has 3 fully saturated rings. The van der Waals surface area contributed by atoms with Gasteiger partial charge in [-0.05, 0) is 72.9 Å². The zero-order chi connectivity index (χ0) is 22.3. The third kappa shape index (κ3) is 4.29. The first-order chi connectivity index (χ1) is 15.4.